The Morgan fingerprint density at radius 3 is 3.29 bits per heavy atom. The van der Waals surface area contributed by atoms with Gasteiger partial charge in [-0.2, -0.15) is 9.37 Å². The Hall–Kier alpha value is -1.61. The number of hydrogen-bond acceptors (Lipinski definition) is 7. The number of hydrogen-bond donors (Lipinski definition) is 2. The molecular formula is C16H19FN4O2S. The van der Waals surface area contributed by atoms with E-state index < -0.39 is 12.2 Å². The van der Waals surface area contributed by atoms with Crippen molar-refractivity contribution in [1.29, 1.82) is 0 Å². The average molecular weight is 350 g/mol. The van der Waals surface area contributed by atoms with E-state index in [0.717, 1.165) is 25.1 Å². The molecule has 0 bridgehead atoms. The number of anilines is 1. The first-order chi connectivity index (χ1) is 11.6. The quantitative estimate of drug-likeness (QED) is 0.823. The van der Waals surface area contributed by atoms with Gasteiger partial charge in [-0.05, 0) is 25.0 Å². The Balaban J connectivity index is 1.48. The lowest BCUT2D eigenvalue weighted by Crippen LogP contribution is -2.30. The van der Waals surface area contributed by atoms with Gasteiger partial charge in [-0.1, -0.05) is 11.3 Å². The van der Waals surface area contributed by atoms with Crippen molar-refractivity contribution in [3.8, 4) is 0 Å². The summed E-state index contributed by atoms with van der Waals surface area (Å²) >= 11 is 1.24. The van der Waals surface area contributed by atoms with Crippen LogP contribution in [0.2, 0.25) is 0 Å². The number of halogens is 1. The first kappa shape index (κ1) is 15.9. The van der Waals surface area contributed by atoms with Crippen LogP contribution in [0, 0.1) is 5.95 Å². The molecule has 0 radical (unpaired) electrons. The Morgan fingerprint density at radius 2 is 2.46 bits per heavy atom. The second-order valence-corrected chi connectivity index (χ2v) is 7.41. The van der Waals surface area contributed by atoms with Gasteiger partial charge in [-0.25, -0.2) is 0 Å². The van der Waals surface area contributed by atoms with Crippen LogP contribution in [-0.4, -0.2) is 39.3 Å². The number of rotatable bonds is 4. The molecule has 2 aliphatic rings. The fourth-order valence-corrected chi connectivity index (χ4v) is 4.45. The summed E-state index contributed by atoms with van der Waals surface area (Å²) in [5.74, 6) is -0.471. The largest absolute Gasteiger partial charge is 0.374 e. The van der Waals surface area contributed by atoms with E-state index in [1.165, 1.54) is 16.9 Å². The molecule has 2 aliphatic heterocycles. The first-order valence-corrected chi connectivity index (χ1v) is 8.77. The van der Waals surface area contributed by atoms with Crippen molar-refractivity contribution < 1.29 is 14.2 Å². The topological polar surface area (TPSA) is 70.5 Å². The van der Waals surface area contributed by atoms with Gasteiger partial charge >= 0.3 is 0 Å². The highest BCUT2D eigenvalue weighted by Crippen LogP contribution is 2.43. The molecule has 4 rings (SSSR count). The highest BCUT2D eigenvalue weighted by molar-refractivity contribution is 7.15. The van der Waals surface area contributed by atoms with Crippen molar-refractivity contribution in [3.05, 3.63) is 40.4 Å². The van der Waals surface area contributed by atoms with E-state index in [-0.39, 0.29) is 5.60 Å². The van der Waals surface area contributed by atoms with Gasteiger partial charge in [0.1, 0.15) is 11.8 Å². The van der Waals surface area contributed by atoms with E-state index in [1.807, 2.05) is 12.3 Å². The standard InChI is InChI=1S/C16H19FN4O2S/c1-10(22)19-15-20-14(17)13(24-15)7-21-5-3-16(9-21)12-2-4-18-6-11(12)8-23-16/h2,4,6,10,22H,3,5,7-9H2,1H3,(H,19,20). The minimum absolute atomic E-state index is 0.292. The molecule has 0 aliphatic carbocycles. The summed E-state index contributed by atoms with van der Waals surface area (Å²) in [7, 11) is 0. The number of likely N-dealkylation sites (tertiary alicyclic amines) is 1. The van der Waals surface area contributed by atoms with Crippen LogP contribution >= 0.6 is 11.3 Å². The SMILES string of the molecule is CC(O)Nc1nc(F)c(CN2CCC3(C2)OCc2cnccc23)s1. The maximum absolute atomic E-state index is 14.0. The second-order valence-electron chi connectivity index (χ2n) is 6.33. The zero-order chi connectivity index (χ0) is 16.7. The van der Waals surface area contributed by atoms with Crippen LogP contribution in [-0.2, 0) is 23.5 Å². The molecule has 2 atom stereocenters. The van der Waals surface area contributed by atoms with Crippen LogP contribution < -0.4 is 5.32 Å². The van der Waals surface area contributed by atoms with Gasteiger partial charge < -0.3 is 15.2 Å². The number of nitrogens with zero attached hydrogens (tertiary/aromatic N) is 3. The summed E-state index contributed by atoms with van der Waals surface area (Å²) in [5.41, 5.74) is 2.06. The van der Waals surface area contributed by atoms with Gasteiger partial charge in [0.15, 0.2) is 5.13 Å². The molecule has 2 aromatic heterocycles. The number of ether oxygens (including phenoxy) is 1. The van der Waals surface area contributed by atoms with E-state index in [1.54, 1.807) is 13.1 Å². The second kappa shape index (κ2) is 6.03. The molecule has 8 heteroatoms. The highest BCUT2D eigenvalue weighted by atomic mass is 32.1. The molecule has 2 unspecified atom stereocenters. The van der Waals surface area contributed by atoms with Gasteiger partial charge in [0.2, 0.25) is 5.95 Å². The maximum Gasteiger partial charge on any atom is 0.230 e. The molecule has 1 spiro atoms. The number of thiazole rings is 1. The monoisotopic (exact) mass is 350 g/mol. The van der Waals surface area contributed by atoms with Gasteiger partial charge in [-0.15, -0.1) is 0 Å². The van der Waals surface area contributed by atoms with Gasteiger partial charge in [0, 0.05) is 37.6 Å². The number of fused-ring (bicyclic) bond motifs is 2. The van der Waals surface area contributed by atoms with E-state index in [0.29, 0.717) is 23.2 Å². The Labute approximate surface area is 143 Å². The summed E-state index contributed by atoms with van der Waals surface area (Å²) in [6.07, 6.45) is 3.80. The third-order valence-electron chi connectivity index (χ3n) is 4.56. The molecule has 128 valence electrons. The first-order valence-electron chi connectivity index (χ1n) is 7.95. The van der Waals surface area contributed by atoms with Gasteiger partial charge in [0.05, 0.1) is 11.5 Å². The van der Waals surface area contributed by atoms with Crippen LogP contribution in [0.4, 0.5) is 9.52 Å². The minimum atomic E-state index is -0.754. The molecule has 6 nitrogen and oxygen atoms in total. The van der Waals surface area contributed by atoms with E-state index in [2.05, 4.69) is 20.2 Å². The zero-order valence-corrected chi connectivity index (χ0v) is 14.1. The third kappa shape index (κ3) is 2.79. The predicted octanol–water partition coefficient (Wildman–Crippen LogP) is 2.06. The summed E-state index contributed by atoms with van der Waals surface area (Å²) in [5, 5.41) is 12.5. The van der Waals surface area contributed by atoms with Gasteiger partial charge in [-0.3, -0.25) is 9.88 Å². The highest BCUT2D eigenvalue weighted by Gasteiger charge is 2.45. The smallest absolute Gasteiger partial charge is 0.230 e. The molecular weight excluding hydrogens is 331 g/mol. The van der Waals surface area contributed by atoms with E-state index in [4.69, 9.17) is 4.74 Å². The Morgan fingerprint density at radius 1 is 1.58 bits per heavy atom. The maximum atomic E-state index is 14.0. The molecule has 2 aromatic rings. The van der Waals surface area contributed by atoms with Crippen LogP contribution in [0.3, 0.4) is 0 Å². The Kier molecular flexibility index (Phi) is 4.00. The summed E-state index contributed by atoms with van der Waals surface area (Å²) < 4.78 is 20.1. The van der Waals surface area contributed by atoms with Crippen LogP contribution in [0.5, 0.6) is 0 Å². The molecule has 2 N–H and O–H groups in total. The Bertz CT molecular complexity index is 753. The van der Waals surface area contributed by atoms with Crippen molar-refractivity contribution in [1.82, 2.24) is 14.9 Å². The van der Waals surface area contributed by atoms with Gasteiger partial charge in [0.25, 0.3) is 0 Å². The molecule has 0 saturated carbocycles. The number of pyridine rings is 1. The number of aliphatic hydroxyl groups excluding tert-OH is 1. The average Bonchev–Trinajstić information content (AvgIpc) is 3.21. The van der Waals surface area contributed by atoms with Crippen molar-refractivity contribution in [2.24, 2.45) is 0 Å². The van der Waals surface area contributed by atoms with Crippen molar-refractivity contribution in [3.63, 3.8) is 0 Å². The lowest BCUT2D eigenvalue weighted by Gasteiger charge is -2.24. The summed E-state index contributed by atoms with van der Waals surface area (Å²) in [6.45, 7) is 4.25. The third-order valence-corrected chi connectivity index (χ3v) is 5.50. The fourth-order valence-electron chi connectivity index (χ4n) is 3.49. The van der Waals surface area contributed by atoms with Crippen molar-refractivity contribution in [2.45, 2.75) is 38.3 Å². The van der Waals surface area contributed by atoms with Crippen molar-refractivity contribution >= 4 is 16.5 Å². The molecule has 0 aromatic carbocycles. The molecule has 24 heavy (non-hydrogen) atoms. The number of nitrogens with one attached hydrogen (secondary N) is 1. The predicted molar refractivity (Wildman–Crippen MR) is 88.0 cm³/mol. The lowest BCUT2D eigenvalue weighted by molar-refractivity contribution is -0.0299. The summed E-state index contributed by atoms with van der Waals surface area (Å²) in [4.78, 5) is 10.8. The minimum Gasteiger partial charge on any atom is -0.374 e. The molecule has 1 fully saturated rings. The van der Waals surface area contributed by atoms with Crippen LogP contribution in [0.25, 0.3) is 0 Å². The summed E-state index contributed by atoms with van der Waals surface area (Å²) in [6, 6.07) is 2.03. The van der Waals surface area contributed by atoms with E-state index in [9.17, 15) is 9.50 Å². The molecule has 1 saturated heterocycles. The van der Waals surface area contributed by atoms with Crippen molar-refractivity contribution in [2.75, 3.05) is 18.4 Å². The van der Waals surface area contributed by atoms with Crippen LogP contribution in [0.15, 0.2) is 18.5 Å². The zero-order valence-electron chi connectivity index (χ0n) is 13.3. The molecule has 4 heterocycles. The fraction of sp³-hybridized carbons (Fsp3) is 0.500. The van der Waals surface area contributed by atoms with E-state index >= 15 is 0 Å². The molecule has 0 amide bonds. The van der Waals surface area contributed by atoms with Crippen LogP contribution in [0.1, 0.15) is 29.3 Å². The number of aromatic nitrogens is 2. The lowest BCUT2D eigenvalue weighted by atomic mass is 9.93. The number of aliphatic hydroxyl groups is 1. The normalized spacial score (nSPS) is 24.5.